The van der Waals surface area contributed by atoms with Gasteiger partial charge in [0.2, 0.25) is 5.95 Å². The van der Waals surface area contributed by atoms with E-state index >= 15 is 0 Å². The lowest BCUT2D eigenvalue weighted by molar-refractivity contribution is 0.240. The molecule has 2 saturated carbocycles. The average Bonchev–Trinajstić information content (AvgIpc) is 2.78. The van der Waals surface area contributed by atoms with Gasteiger partial charge in [0.15, 0.2) is 0 Å². The van der Waals surface area contributed by atoms with Crippen LogP contribution < -0.4 is 15.5 Å². The van der Waals surface area contributed by atoms with Gasteiger partial charge in [-0.15, -0.1) is 0 Å². The molecule has 2 fully saturated rings. The number of nitrogens with zero attached hydrogens (tertiary/aromatic N) is 3. The van der Waals surface area contributed by atoms with Gasteiger partial charge in [0.25, 0.3) is 0 Å². The molecule has 1 unspecified atom stereocenters. The Morgan fingerprint density at radius 1 is 0.933 bits per heavy atom. The van der Waals surface area contributed by atoms with Crippen LogP contribution in [0.2, 0.25) is 0 Å². The molecule has 1 aromatic heterocycles. The van der Waals surface area contributed by atoms with E-state index in [1.807, 2.05) is 20.2 Å². The van der Waals surface area contributed by atoms with E-state index in [-0.39, 0.29) is 0 Å². The van der Waals surface area contributed by atoms with E-state index in [1.54, 1.807) is 0 Å². The summed E-state index contributed by atoms with van der Waals surface area (Å²) in [7, 11) is 4.09. The molecule has 0 spiro atoms. The highest BCUT2D eigenvalue weighted by Gasteiger charge is 2.24. The minimum atomic E-state index is 0.468. The van der Waals surface area contributed by atoms with E-state index in [9.17, 15) is 0 Å². The van der Waals surface area contributed by atoms with Crippen LogP contribution in [0.1, 0.15) is 64.7 Å². The van der Waals surface area contributed by atoms with Gasteiger partial charge >= 0.3 is 0 Å². The van der Waals surface area contributed by atoms with Crippen LogP contribution >= 0.6 is 0 Å². The minimum Gasteiger partial charge on any atom is -0.362 e. The maximum Gasteiger partial charge on any atom is 0.225 e. The van der Waals surface area contributed by atoms with Crippen LogP contribution in [0.5, 0.6) is 0 Å². The lowest BCUT2D eigenvalue weighted by Crippen LogP contribution is -2.40. The summed E-state index contributed by atoms with van der Waals surface area (Å²) in [6.07, 6.45) is 12.1. The van der Waals surface area contributed by atoms with Gasteiger partial charge in [-0.2, -0.15) is 4.98 Å². The molecule has 5 heteroatoms. The topological polar surface area (TPSA) is 53.1 Å². The van der Waals surface area contributed by atoms with Gasteiger partial charge in [-0.3, -0.25) is 0 Å². The molecule has 2 aliphatic rings. The van der Waals surface area contributed by atoms with E-state index in [1.165, 1.54) is 64.3 Å². The van der Waals surface area contributed by atoms with Crippen LogP contribution in [-0.2, 0) is 0 Å². The zero-order valence-electron chi connectivity index (χ0n) is 19.0. The van der Waals surface area contributed by atoms with E-state index in [4.69, 9.17) is 9.97 Å². The molecule has 2 N–H and O–H groups in total. The summed E-state index contributed by atoms with van der Waals surface area (Å²) in [5.74, 6) is 3.51. The summed E-state index contributed by atoms with van der Waals surface area (Å²) in [5, 5.41) is 8.62. The summed E-state index contributed by atoms with van der Waals surface area (Å²) in [5.41, 5.74) is 1.01. The predicted molar refractivity (Wildman–Crippen MR) is 127 cm³/mol. The summed E-state index contributed by atoms with van der Waals surface area (Å²) >= 11 is 0. The molecule has 30 heavy (non-hydrogen) atoms. The van der Waals surface area contributed by atoms with Crippen molar-refractivity contribution < 1.29 is 0 Å². The normalized spacial score (nSPS) is 24.0. The molecule has 0 amide bonds. The third kappa shape index (κ3) is 5.23. The van der Waals surface area contributed by atoms with E-state index in [0.717, 1.165) is 34.5 Å². The van der Waals surface area contributed by atoms with E-state index in [0.29, 0.717) is 12.1 Å². The van der Waals surface area contributed by atoms with Crippen LogP contribution in [-0.4, -0.2) is 42.7 Å². The predicted octanol–water partition coefficient (Wildman–Crippen LogP) is 5.22. The fourth-order valence-corrected chi connectivity index (χ4v) is 5.31. The Labute approximate surface area is 182 Å². The number of hydrogen-bond donors (Lipinski definition) is 2. The third-order valence-corrected chi connectivity index (χ3v) is 7.25. The number of aromatic nitrogens is 2. The zero-order chi connectivity index (χ0) is 20.9. The van der Waals surface area contributed by atoms with E-state index in [2.05, 4.69) is 40.7 Å². The molecule has 5 nitrogen and oxygen atoms in total. The number of anilines is 2. The third-order valence-electron chi connectivity index (χ3n) is 7.25. The van der Waals surface area contributed by atoms with Crippen molar-refractivity contribution in [3.05, 3.63) is 24.3 Å². The number of hydrogen-bond acceptors (Lipinski definition) is 5. The molecule has 0 aliphatic heterocycles. The molecular weight excluding hydrogens is 370 g/mol. The van der Waals surface area contributed by atoms with Gasteiger partial charge in [-0.05, 0) is 56.2 Å². The fourth-order valence-electron chi connectivity index (χ4n) is 5.31. The monoisotopic (exact) mass is 409 g/mol. The van der Waals surface area contributed by atoms with Crippen molar-refractivity contribution >= 4 is 22.7 Å². The first-order valence-corrected chi connectivity index (χ1v) is 12.0. The molecule has 0 saturated heterocycles. The Kier molecular flexibility index (Phi) is 7.08. The van der Waals surface area contributed by atoms with Crippen molar-refractivity contribution in [3.8, 4) is 0 Å². The molecule has 2 aliphatic carbocycles. The largest absolute Gasteiger partial charge is 0.362 e. The highest BCUT2D eigenvalue weighted by Crippen LogP contribution is 2.30. The summed E-state index contributed by atoms with van der Waals surface area (Å²) < 4.78 is 0. The molecule has 1 aromatic carbocycles. The molecular formula is C25H39N5. The highest BCUT2D eigenvalue weighted by molar-refractivity contribution is 5.90. The second-order valence-electron chi connectivity index (χ2n) is 9.76. The number of fused-ring (bicyclic) bond motifs is 1. The van der Waals surface area contributed by atoms with Gasteiger partial charge in [-0.1, -0.05) is 51.2 Å². The Morgan fingerprint density at radius 3 is 2.37 bits per heavy atom. The van der Waals surface area contributed by atoms with Gasteiger partial charge in [0.1, 0.15) is 5.82 Å². The minimum absolute atomic E-state index is 0.468. The molecule has 164 valence electrons. The smallest absolute Gasteiger partial charge is 0.225 e. The van der Waals surface area contributed by atoms with Crippen LogP contribution in [0.4, 0.5) is 11.8 Å². The second kappa shape index (κ2) is 9.95. The van der Waals surface area contributed by atoms with Gasteiger partial charge in [0.05, 0.1) is 5.52 Å². The van der Waals surface area contributed by atoms with Crippen LogP contribution in [0.25, 0.3) is 10.9 Å². The summed E-state index contributed by atoms with van der Waals surface area (Å²) in [6, 6.07) is 9.40. The first kappa shape index (κ1) is 21.4. The van der Waals surface area contributed by atoms with Crippen molar-refractivity contribution in [1.82, 2.24) is 15.3 Å². The van der Waals surface area contributed by atoms with Crippen LogP contribution in [0.3, 0.4) is 0 Å². The zero-order valence-corrected chi connectivity index (χ0v) is 19.0. The fraction of sp³-hybridized carbons (Fsp3) is 0.680. The van der Waals surface area contributed by atoms with Gasteiger partial charge in [0, 0.05) is 31.6 Å². The Hall–Kier alpha value is -1.88. The number of rotatable bonds is 7. The summed E-state index contributed by atoms with van der Waals surface area (Å²) in [4.78, 5) is 11.7. The maximum absolute atomic E-state index is 4.81. The SMILES string of the molecule is CC(CN[C@H]1CC[C@@H](Nc2nc(N(C)C)c3ccccc3n2)CC1)C1CCCCC1. The van der Waals surface area contributed by atoms with Gasteiger partial charge < -0.3 is 15.5 Å². The lowest BCUT2D eigenvalue weighted by atomic mass is 9.80. The molecule has 1 atom stereocenters. The van der Waals surface area contributed by atoms with Gasteiger partial charge in [-0.25, -0.2) is 4.98 Å². The Bertz CT molecular complexity index is 806. The van der Waals surface area contributed by atoms with Crippen molar-refractivity contribution in [2.45, 2.75) is 76.8 Å². The number of nitrogens with one attached hydrogen (secondary N) is 2. The number of para-hydroxylation sites is 1. The molecule has 0 bridgehead atoms. The van der Waals surface area contributed by atoms with Crippen molar-refractivity contribution in [2.24, 2.45) is 11.8 Å². The van der Waals surface area contributed by atoms with Crippen LogP contribution in [0.15, 0.2) is 24.3 Å². The standard InChI is InChI=1S/C25H39N5/c1-18(19-9-5-4-6-10-19)17-26-20-13-15-21(16-14-20)27-25-28-23-12-8-7-11-22(23)24(29-25)30(2)3/h7-8,11-12,18-21,26H,4-6,9-10,13-17H2,1-3H3,(H,27,28,29)/t18?,20-,21+. The van der Waals surface area contributed by atoms with Crippen LogP contribution in [0, 0.1) is 11.8 Å². The summed E-state index contributed by atoms with van der Waals surface area (Å²) in [6.45, 7) is 3.64. The number of benzene rings is 1. The first-order valence-electron chi connectivity index (χ1n) is 12.0. The second-order valence-corrected chi connectivity index (χ2v) is 9.76. The Balaban J connectivity index is 1.28. The van der Waals surface area contributed by atoms with Crippen molar-refractivity contribution in [3.63, 3.8) is 0 Å². The van der Waals surface area contributed by atoms with Crippen molar-refractivity contribution in [2.75, 3.05) is 30.9 Å². The van der Waals surface area contributed by atoms with Crippen molar-refractivity contribution in [1.29, 1.82) is 0 Å². The molecule has 4 rings (SSSR count). The average molecular weight is 410 g/mol. The molecule has 1 heterocycles. The molecule has 2 aromatic rings. The highest BCUT2D eigenvalue weighted by atomic mass is 15.2. The first-order chi connectivity index (χ1) is 14.6. The lowest BCUT2D eigenvalue weighted by Gasteiger charge is -2.33. The quantitative estimate of drug-likeness (QED) is 0.656. The maximum atomic E-state index is 4.81. The van der Waals surface area contributed by atoms with E-state index < -0.39 is 0 Å². The molecule has 0 radical (unpaired) electrons. The Morgan fingerprint density at radius 2 is 1.63 bits per heavy atom.